The summed E-state index contributed by atoms with van der Waals surface area (Å²) < 4.78 is 12.1. The smallest absolute Gasteiger partial charge is 0.259 e. The molecule has 1 heterocycles. The molecule has 1 amide bonds. The molecule has 0 aliphatic rings. The van der Waals surface area contributed by atoms with Crippen LogP contribution < -0.4 is 10.1 Å². The molecule has 1 aromatic heterocycles. The molecule has 0 radical (unpaired) electrons. The van der Waals surface area contributed by atoms with Crippen molar-refractivity contribution in [3.05, 3.63) is 75.8 Å². The predicted octanol–water partition coefficient (Wildman–Crippen LogP) is 6.14. The summed E-state index contributed by atoms with van der Waals surface area (Å²) in [7, 11) is 1.56. The second-order valence-electron chi connectivity index (χ2n) is 6.83. The lowest BCUT2D eigenvalue weighted by atomic mass is 10.1. The normalized spacial score (nSPS) is 10.9. The molecular formula is C23H19BrN2O3. The van der Waals surface area contributed by atoms with E-state index in [1.807, 2.05) is 44.2 Å². The molecule has 0 aliphatic heterocycles. The number of aromatic nitrogens is 1. The highest BCUT2D eigenvalue weighted by molar-refractivity contribution is 9.10. The third-order valence-corrected chi connectivity index (χ3v) is 5.06. The number of carbonyl (C=O) groups is 1. The SMILES string of the molecule is COc1c(C)cc(Br)cc1C(=O)Nc1ccc2oc(-c3cccc(C)c3)nc2c1. The van der Waals surface area contributed by atoms with Crippen molar-refractivity contribution in [1.29, 1.82) is 0 Å². The highest BCUT2D eigenvalue weighted by Crippen LogP contribution is 2.30. The molecular weight excluding hydrogens is 432 g/mol. The van der Waals surface area contributed by atoms with Crippen molar-refractivity contribution in [3.8, 4) is 17.2 Å². The molecule has 0 aliphatic carbocycles. The van der Waals surface area contributed by atoms with Gasteiger partial charge < -0.3 is 14.5 Å². The molecule has 0 saturated carbocycles. The number of nitrogens with zero attached hydrogens (tertiary/aromatic N) is 1. The van der Waals surface area contributed by atoms with Gasteiger partial charge in [0.05, 0.1) is 12.7 Å². The van der Waals surface area contributed by atoms with Gasteiger partial charge in [0.15, 0.2) is 5.58 Å². The van der Waals surface area contributed by atoms with Gasteiger partial charge in [-0.25, -0.2) is 4.98 Å². The average molecular weight is 451 g/mol. The number of rotatable bonds is 4. The van der Waals surface area contributed by atoms with Crippen LogP contribution in [0.3, 0.4) is 0 Å². The quantitative estimate of drug-likeness (QED) is 0.405. The third-order valence-electron chi connectivity index (χ3n) is 4.60. The van der Waals surface area contributed by atoms with Crippen LogP contribution in [0.15, 0.2) is 63.5 Å². The number of oxazole rings is 1. The van der Waals surface area contributed by atoms with Crippen LogP contribution in [-0.2, 0) is 0 Å². The molecule has 4 aromatic rings. The van der Waals surface area contributed by atoms with Gasteiger partial charge in [-0.2, -0.15) is 0 Å². The average Bonchev–Trinajstić information content (AvgIpc) is 3.11. The standard InChI is InChI=1S/C23H19BrN2O3/c1-13-5-4-6-15(9-13)23-26-19-12-17(7-8-20(19)29-23)25-22(27)18-11-16(24)10-14(2)21(18)28-3/h4-12H,1-3H3,(H,25,27). The van der Waals surface area contributed by atoms with Crippen molar-refractivity contribution in [2.45, 2.75) is 13.8 Å². The Morgan fingerprint density at radius 1 is 1.10 bits per heavy atom. The maximum absolute atomic E-state index is 12.8. The number of hydrogen-bond acceptors (Lipinski definition) is 4. The largest absolute Gasteiger partial charge is 0.496 e. The van der Waals surface area contributed by atoms with Crippen LogP contribution in [0.25, 0.3) is 22.6 Å². The van der Waals surface area contributed by atoms with E-state index in [1.54, 1.807) is 31.4 Å². The fourth-order valence-corrected chi connectivity index (χ4v) is 3.85. The van der Waals surface area contributed by atoms with E-state index in [-0.39, 0.29) is 5.91 Å². The van der Waals surface area contributed by atoms with Gasteiger partial charge in [-0.15, -0.1) is 0 Å². The maximum Gasteiger partial charge on any atom is 0.259 e. The van der Waals surface area contributed by atoms with Crippen molar-refractivity contribution in [2.75, 3.05) is 12.4 Å². The molecule has 0 bridgehead atoms. The Hall–Kier alpha value is -3.12. The molecule has 5 nitrogen and oxygen atoms in total. The summed E-state index contributed by atoms with van der Waals surface area (Å²) in [5, 5.41) is 2.92. The van der Waals surface area contributed by atoms with Crippen LogP contribution in [0.2, 0.25) is 0 Å². The lowest BCUT2D eigenvalue weighted by molar-refractivity contribution is 0.102. The summed E-state index contributed by atoms with van der Waals surface area (Å²) in [6.45, 7) is 3.92. The molecule has 4 rings (SSSR count). The summed E-state index contributed by atoms with van der Waals surface area (Å²) in [4.78, 5) is 17.4. The molecule has 1 N–H and O–H groups in total. The molecule has 0 fully saturated rings. The van der Waals surface area contributed by atoms with Crippen LogP contribution in [0.1, 0.15) is 21.5 Å². The number of aryl methyl sites for hydroxylation is 2. The summed E-state index contributed by atoms with van der Waals surface area (Å²) in [5.74, 6) is 0.847. The Morgan fingerprint density at radius 3 is 2.69 bits per heavy atom. The minimum atomic E-state index is -0.256. The molecule has 6 heteroatoms. The fraction of sp³-hybridized carbons (Fsp3) is 0.130. The van der Waals surface area contributed by atoms with E-state index >= 15 is 0 Å². The Labute approximate surface area is 176 Å². The van der Waals surface area contributed by atoms with Crippen LogP contribution in [-0.4, -0.2) is 18.0 Å². The number of fused-ring (bicyclic) bond motifs is 1. The molecule has 0 spiro atoms. The number of methoxy groups -OCH3 is 1. The zero-order valence-corrected chi connectivity index (χ0v) is 17.8. The first-order valence-electron chi connectivity index (χ1n) is 9.08. The lowest BCUT2D eigenvalue weighted by Crippen LogP contribution is -2.13. The van der Waals surface area contributed by atoms with Crippen LogP contribution >= 0.6 is 15.9 Å². The second-order valence-corrected chi connectivity index (χ2v) is 7.74. The first-order valence-corrected chi connectivity index (χ1v) is 9.87. The molecule has 0 saturated heterocycles. The van der Waals surface area contributed by atoms with Gasteiger partial charge in [-0.3, -0.25) is 4.79 Å². The van der Waals surface area contributed by atoms with Gasteiger partial charge in [0.2, 0.25) is 5.89 Å². The highest BCUT2D eigenvalue weighted by atomic mass is 79.9. The number of anilines is 1. The van der Waals surface area contributed by atoms with E-state index in [4.69, 9.17) is 9.15 Å². The summed E-state index contributed by atoms with van der Waals surface area (Å²) >= 11 is 3.43. The van der Waals surface area contributed by atoms with Gasteiger partial charge >= 0.3 is 0 Å². The number of ether oxygens (including phenoxy) is 1. The van der Waals surface area contributed by atoms with E-state index in [2.05, 4.69) is 26.2 Å². The van der Waals surface area contributed by atoms with Gasteiger partial charge in [-0.05, 0) is 61.9 Å². The minimum Gasteiger partial charge on any atom is -0.496 e. The number of amides is 1. The first kappa shape index (κ1) is 19.2. The van der Waals surface area contributed by atoms with Crippen molar-refractivity contribution in [1.82, 2.24) is 4.98 Å². The van der Waals surface area contributed by atoms with Crippen LogP contribution in [0, 0.1) is 13.8 Å². The number of carbonyl (C=O) groups excluding carboxylic acids is 1. The van der Waals surface area contributed by atoms with E-state index in [0.29, 0.717) is 34.0 Å². The topological polar surface area (TPSA) is 64.4 Å². The van der Waals surface area contributed by atoms with Crippen molar-refractivity contribution in [2.24, 2.45) is 0 Å². The third kappa shape index (κ3) is 3.89. The van der Waals surface area contributed by atoms with Crippen molar-refractivity contribution >= 4 is 38.6 Å². The van der Waals surface area contributed by atoms with E-state index in [0.717, 1.165) is 21.2 Å². The Morgan fingerprint density at radius 2 is 1.93 bits per heavy atom. The van der Waals surface area contributed by atoms with Gasteiger partial charge in [0.25, 0.3) is 5.91 Å². The zero-order chi connectivity index (χ0) is 20.5. The second kappa shape index (κ2) is 7.72. The number of benzene rings is 3. The monoisotopic (exact) mass is 450 g/mol. The number of nitrogens with one attached hydrogen (secondary N) is 1. The Kier molecular flexibility index (Phi) is 5.11. The maximum atomic E-state index is 12.8. The number of halogens is 1. The van der Waals surface area contributed by atoms with E-state index < -0.39 is 0 Å². The lowest BCUT2D eigenvalue weighted by Gasteiger charge is -2.12. The van der Waals surface area contributed by atoms with E-state index in [9.17, 15) is 4.79 Å². The van der Waals surface area contributed by atoms with Gasteiger partial charge in [-0.1, -0.05) is 33.6 Å². The number of hydrogen-bond donors (Lipinski definition) is 1. The molecule has 29 heavy (non-hydrogen) atoms. The zero-order valence-electron chi connectivity index (χ0n) is 16.2. The molecule has 3 aromatic carbocycles. The fourth-order valence-electron chi connectivity index (χ4n) is 3.27. The van der Waals surface area contributed by atoms with Gasteiger partial charge in [0.1, 0.15) is 11.3 Å². The summed E-state index contributed by atoms with van der Waals surface area (Å²) in [6, 6.07) is 17.0. The molecule has 0 unspecified atom stereocenters. The Balaban J connectivity index is 1.65. The molecule has 0 atom stereocenters. The van der Waals surface area contributed by atoms with Crippen LogP contribution in [0.5, 0.6) is 5.75 Å². The molecule has 146 valence electrons. The highest BCUT2D eigenvalue weighted by Gasteiger charge is 2.17. The summed E-state index contributed by atoms with van der Waals surface area (Å²) in [6.07, 6.45) is 0. The minimum absolute atomic E-state index is 0.256. The first-order chi connectivity index (χ1) is 13.9. The summed E-state index contributed by atoms with van der Waals surface area (Å²) in [5.41, 5.74) is 5.36. The van der Waals surface area contributed by atoms with Crippen molar-refractivity contribution in [3.63, 3.8) is 0 Å². The van der Waals surface area contributed by atoms with Crippen LogP contribution in [0.4, 0.5) is 5.69 Å². The van der Waals surface area contributed by atoms with Crippen molar-refractivity contribution < 1.29 is 13.9 Å². The van der Waals surface area contributed by atoms with Gasteiger partial charge in [0, 0.05) is 15.7 Å². The predicted molar refractivity (Wildman–Crippen MR) is 118 cm³/mol. The Bertz CT molecular complexity index is 1230. The van der Waals surface area contributed by atoms with E-state index in [1.165, 1.54) is 0 Å².